The Morgan fingerprint density at radius 3 is 2.75 bits per heavy atom. The van der Waals surface area contributed by atoms with Crippen LogP contribution in [0.15, 0.2) is 48.5 Å². The lowest BCUT2D eigenvalue weighted by Crippen LogP contribution is -2.34. The van der Waals surface area contributed by atoms with Crippen molar-refractivity contribution < 1.29 is 18.7 Å². The van der Waals surface area contributed by atoms with Crippen LogP contribution in [-0.2, 0) is 9.59 Å². The largest absolute Gasteiger partial charge is 0.492 e. The second-order valence-electron chi connectivity index (χ2n) is 5.38. The number of carbonyl (C=O) groups excluding carboxylic acids is 2. The van der Waals surface area contributed by atoms with E-state index in [1.807, 2.05) is 19.1 Å². The van der Waals surface area contributed by atoms with Gasteiger partial charge >= 0.3 is 0 Å². The molecule has 2 amide bonds. The maximum Gasteiger partial charge on any atom is 0.256 e. The average molecular weight is 328 g/mol. The Morgan fingerprint density at radius 1 is 1.21 bits per heavy atom. The Balaban J connectivity index is 1.82. The Morgan fingerprint density at radius 2 is 2.00 bits per heavy atom. The van der Waals surface area contributed by atoms with Gasteiger partial charge in [0.05, 0.1) is 24.4 Å². The molecule has 0 saturated carbocycles. The molecule has 24 heavy (non-hydrogen) atoms. The van der Waals surface area contributed by atoms with E-state index in [4.69, 9.17) is 4.74 Å². The van der Waals surface area contributed by atoms with E-state index in [0.29, 0.717) is 18.0 Å². The third-order valence-electron chi connectivity index (χ3n) is 3.73. The molecule has 1 fully saturated rings. The van der Waals surface area contributed by atoms with Crippen molar-refractivity contribution in [1.29, 1.82) is 0 Å². The molecule has 0 bridgehead atoms. The van der Waals surface area contributed by atoms with Crippen molar-refractivity contribution in [2.75, 3.05) is 16.8 Å². The molecule has 0 unspecified atom stereocenters. The van der Waals surface area contributed by atoms with Gasteiger partial charge in [-0.15, -0.1) is 0 Å². The third kappa shape index (κ3) is 3.08. The highest BCUT2D eigenvalue weighted by Crippen LogP contribution is 2.29. The Hall–Kier alpha value is -2.89. The van der Waals surface area contributed by atoms with Crippen molar-refractivity contribution in [3.05, 3.63) is 54.3 Å². The molecule has 0 aromatic heterocycles. The van der Waals surface area contributed by atoms with E-state index in [1.165, 1.54) is 24.3 Å². The number of rotatable bonds is 5. The predicted octanol–water partition coefficient (Wildman–Crippen LogP) is 2.97. The Labute approximate surface area is 139 Å². The zero-order valence-corrected chi connectivity index (χ0v) is 13.2. The first-order valence-corrected chi connectivity index (χ1v) is 7.71. The summed E-state index contributed by atoms with van der Waals surface area (Å²) in [7, 11) is 0. The number of para-hydroxylation sites is 2. The number of nitrogens with zero attached hydrogens (tertiary/aromatic N) is 1. The number of imide groups is 1. The van der Waals surface area contributed by atoms with E-state index in [1.54, 1.807) is 12.1 Å². The Kier molecular flexibility index (Phi) is 4.46. The topological polar surface area (TPSA) is 58.6 Å². The predicted molar refractivity (Wildman–Crippen MR) is 88.5 cm³/mol. The minimum atomic E-state index is -0.706. The molecule has 0 spiro atoms. The summed E-state index contributed by atoms with van der Waals surface area (Å²) in [5.41, 5.74) is 0.888. The number of halogens is 1. The number of anilines is 2. The minimum Gasteiger partial charge on any atom is -0.492 e. The van der Waals surface area contributed by atoms with Gasteiger partial charge in [0.25, 0.3) is 5.91 Å². The normalized spacial score (nSPS) is 17.2. The van der Waals surface area contributed by atoms with E-state index >= 15 is 0 Å². The Bertz CT molecular complexity index is 778. The number of ether oxygens (including phenoxy) is 1. The fourth-order valence-corrected chi connectivity index (χ4v) is 2.69. The van der Waals surface area contributed by atoms with Crippen LogP contribution in [0.5, 0.6) is 5.75 Å². The zero-order chi connectivity index (χ0) is 17.1. The second-order valence-corrected chi connectivity index (χ2v) is 5.38. The number of hydrogen-bond donors (Lipinski definition) is 1. The zero-order valence-electron chi connectivity index (χ0n) is 13.2. The van der Waals surface area contributed by atoms with Crippen LogP contribution in [0.3, 0.4) is 0 Å². The van der Waals surface area contributed by atoms with Crippen LogP contribution in [-0.4, -0.2) is 24.5 Å². The number of hydrogen-bond acceptors (Lipinski definition) is 4. The molecule has 2 aromatic carbocycles. The van der Waals surface area contributed by atoms with Gasteiger partial charge in [-0.05, 0) is 37.3 Å². The first kappa shape index (κ1) is 16.0. The summed E-state index contributed by atoms with van der Waals surface area (Å²) in [6.45, 7) is 2.36. The summed E-state index contributed by atoms with van der Waals surface area (Å²) in [5, 5.41) is 3.06. The minimum absolute atomic E-state index is 0.00973. The van der Waals surface area contributed by atoms with E-state index in [-0.39, 0.29) is 18.0 Å². The van der Waals surface area contributed by atoms with Gasteiger partial charge in [-0.2, -0.15) is 0 Å². The lowest BCUT2D eigenvalue weighted by atomic mass is 10.2. The molecule has 1 aliphatic rings. The molecule has 1 heterocycles. The fourth-order valence-electron chi connectivity index (χ4n) is 2.69. The number of carbonyl (C=O) groups is 2. The summed E-state index contributed by atoms with van der Waals surface area (Å²) in [5.74, 6) is -0.649. The van der Waals surface area contributed by atoms with Gasteiger partial charge in [-0.25, -0.2) is 9.29 Å². The number of amides is 2. The van der Waals surface area contributed by atoms with Crippen LogP contribution < -0.4 is 15.0 Å². The van der Waals surface area contributed by atoms with E-state index < -0.39 is 17.8 Å². The number of benzene rings is 2. The van der Waals surface area contributed by atoms with Crippen molar-refractivity contribution in [3.8, 4) is 5.75 Å². The monoisotopic (exact) mass is 328 g/mol. The summed E-state index contributed by atoms with van der Waals surface area (Å²) < 4.78 is 18.9. The van der Waals surface area contributed by atoms with E-state index in [2.05, 4.69) is 5.32 Å². The lowest BCUT2D eigenvalue weighted by molar-refractivity contribution is -0.121. The molecule has 3 rings (SSSR count). The lowest BCUT2D eigenvalue weighted by Gasteiger charge is -2.17. The highest BCUT2D eigenvalue weighted by Gasteiger charge is 2.39. The molecule has 5 nitrogen and oxygen atoms in total. The van der Waals surface area contributed by atoms with Crippen LogP contribution in [0.25, 0.3) is 0 Å². The summed E-state index contributed by atoms with van der Waals surface area (Å²) >= 11 is 0. The van der Waals surface area contributed by atoms with Crippen LogP contribution in [0.1, 0.15) is 13.3 Å². The first-order chi connectivity index (χ1) is 11.6. The first-order valence-electron chi connectivity index (χ1n) is 7.71. The van der Waals surface area contributed by atoms with Crippen molar-refractivity contribution >= 4 is 23.2 Å². The van der Waals surface area contributed by atoms with Gasteiger partial charge in [0.2, 0.25) is 5.91 Å². The van der Waals surface area contributed by atoms with Crippen LogP contribution in [0.2, 0.25) is 0 Å². The molecule has 6 heteroatoms. The molecule has 2 aromatic rings. The van der Waals surface area contributed by atoms with Crippen molar-refractivity contribution in [2.24, 2.45) is 0 Å². The summed E-state index contributed by atoms with van der Waals surface area (Å²) in [6, 6.07) is 12.0. The third-order valence-corrected chi connectivity index (χ3v) is 3.73. The molecule has 1 N–H and O–H groups in total. The molecule has 1 saturated heterocycles. The van der Waals surface area contributed by atoms with Crippen molar-refractivity contribution in [3.63, 3.8) is 0 Å². The van der Waals surface area contributed by atoms with Gasteiger partial charge in [0.1, 0.15) is 17.6 Å². The summed E-state index contributed by atoms with van der Waals surface area (Å²) in [4.78, 5) is 25.8. The molecule has 1 aliphatic heterocycles. The second kappa shape index (κ2) is 6.70. The SMILES string of the molecule is CCOc1ccccc1N[C@H]1CC(=O)N(c2cccc(F)c2)C1=O. The maximum atomic E-state index is 13.4. The molecule has 0 aliphatic carbocycles. The molecular formula is C18H17FN2O3. The summed E-state index contributed by atoms with van der Waals surface area (Å²) in [6.07, 6.45) is 0.00973. The van der Waals surface area contributed by atoms with Crippen molar-refractivity contribution in [2.45, 2.75) is 19.4 Å². The van der Waals surface area contributed by atoms with Crippen molar-refractivity contribution in [1.82, 2.24) is 0 Å². The van der Waals surface area contributed by atoms with Crippen LogP contribution in [0.4, 0.5) is 15.8 Å². The van der Waals surface area contributed by atoms with Gasteiger partial charge in [0, 0.05) is 0 Å². The van der Waals surface area contributed by atoms with Gasteiger partial charge in [-0.1, -0.05) is 18.2 Å². The highest BCUT2D eigenvalue weighted by atomic mass is 19.1. The fraction of sp³-hybridized carbons (Fsp3) is 0.222. The molecule has 124 valence electrons. The van der Waals surface area contributed by atoms with E-state index in [9.17, 15) is 14.0 Å². The smallest absolute Gasteiger partial charge is 0.256 e. The molecular weight excluding hydrogens is 311 g/mol. The van der Waals surface area contributed by atoms with Gasteiger partial charge in [0.15, 0.2) is 0 Å². The highest BCUT2D eigenvalue weighted by molar-refractivity contribution is 6.23. The van der Waals surface area contributed by atoms with Crippen LogP contribution in [0, 0.1) is 5.82 Å². The molecule has 0 radical (unpaired) electrons. The molecule has 1 atom stereocenters. The number of nitrogens with one attached hydrogen (secondary N) is 1. The van der Waals surface area contributed by atoms with Gasteiger partial charge < -0.3 is 10.1 Å². The maximum absolute atomic E-state index is 13.4. The standard InChI is InChI=1S/C18H17FN2O3/c1-2-24-16-9-4-3-8-14(16)20-15-11-17(22)21(18(15)23)13-7-5-6-12(19)10-13/h3-10,15,20H,2,11H2,1H3/t15-/m0/s1. The van der Waals surface area contributed by atoms with Crippen LogP contribution >= 0.6 is 0 Å². The van der Waals surface area contributed by atoms with E-state index in [0.717, 1.165) is 4.90 Å². The quantitative estimate of drug-likeness (QED) is 0.857. The van der Waals surface area contributed by atoms with Gasteiger partial charge in [-0.3, -0.25) is 9.59 Å². The average Bonchev–Trinajstić information content (AvgIpc) is 2.83.